The van der Waals surface area contributed by atoms with Crippen molar-refractivity contribution in [2.75, 3.05) is 40.3 Å². The maximum Gasteiger partial charge on any atom is 0.319 e. The second kappa shape index (κ2) is 7.19. The molecule has 3 amide bonds. The van der Waals surface area contributed by atoms with Gasteiger partial charge in [-0.3, -0.25) is 4.79 Å². The standard InChI is InChI=1S/C16H26N6O2/c1-19(2)16(24)21-7-3-13(4-8-21)15(23)20-9-5-14(6-10-20)22-11-17-18-12-22/h11-14H,3-10H2,1-2H3. The molecule has 0 N–H and O–H groups in total. The molecule has 3 rings (SSSR count). The molecule has 0 aliphatic carbocycles. The normalized spacial score (nSPS) is 20.2. The molecule has 24 heavy (non-hydrogen) atoms. The first-order valence-electron chi connectivity index (χ1n) is 8.65. The molecule has 2 fully saturated rings. The summed E-state index contributed by atoms with van der Waals surface area (Å²) in [5.74, 6) is 0.317. The van der Waals surface area contributed by atoms with Crippen LogP contribution in [0.15, 0.2) is 12.7 Å². The highest BCUT2D eigenvalue weighted by atomic mass is 16.2. The number of hydrogen-bond donors (Lipinski definition) is 0. The van der Waals surface area contributed by atoms with E-state index < -0.39 is 0 Å². The van der Waals surface area contributed by atoms with Crippen molar-refractivity contribution in [2.45, 2.75) is 31.7 Å². The smallest absolute Gasteiger partial charge is 0.319 e. The summed E-state index contributed by atoms with van der Waals surface area (Å²) in [5, 5.41) is 7.71. The second-order valence-corrected chi connectivity index (χ2v) is 6.90. The summed E-state index contributed by atoms with van der Waals surface area (Å²) in [5.41, 5.74) is 0. The van der Waals surface area contributed by atoms with Gasteiger partial charge in [-0.2, -0.15) is 0 Å². The molecule has 3 heterocycles. The summed E-state index contributed by atoms with van der Waals surface area (Å²) >= 11 is 0. The Morgan fingerprint density at radius 2 is 1.46 bits per heavy atom. The average Bonchev–Trinajstić information content (AvgIpc) is 3.15. The van der Waals surface area contributed by atoms with Crippen molar-refractivity contribution in [3.63, 3.8) is 0 Å². The molecule has 0 unspecified atom stereocenters. The lowest BCUT2D eigenvalue weighted by Gasteiger charge is -2.38. The fourth-order valence-electron chi connectivity index (χ4n) is 3.64. The maximum atomic E-state index is 12.7. The Kier molecular flexibility index (Phi) is 5.01. The molecule has 1 aromatic rings. The van der Waals surface area contributed by atoms with Crippen LogP contribution in [0.3, 0.4) is 0 Å². The van der Waals surface area contributed by atoms with E-state index >= 15 is 0 Å². The van der Waals surface area contributed by atoms with Crippen LogP contribution in [0.2, 0.25) is 0 Å². The number of hydrogen-bond acceptors (Lipinski definition) is 4. The molecule has 0 saturated carbocycles. The van der Waals surface area contributed by atoms with E-state index in [1.165, 1.54) is 0 Å². The van der Waals surface area contributed by atoms with E-state index in [0.29, 0.717) is 19.1 Å². The van der Waals surface area contributed by atoms with Gasteiger partial charge in [0, 0.05) is 52.2 Å². The first-order valence-corrected chi connectivity index (χ1v) is 8.65. The van der Waals surface area contributed by atoms with Crippen LogP contribution in [0.25, 0.3) is 0 Å². The van der Waals surface area contributed by atoms with Crippen molar-refractivity contribution in [3.05, 3.63) is 12.7 Å². The van der Waals surface area contributed by atoms with Crippen LogP contribution in [-0.4, -0.2) is 81.7 Å². The minimum absolute atomic E-state index is 0.0376. The molecule has 0 spiro atoms. The van der Waals surface area contributed by atoms with Gasteiger partial charge in [-0.05, 0) is 25.7 Å². The van der Waals surface area contributed by atoms with E-state index in [2.05, 4.69) is 10.2 Å². The van der Waals surface area contributed by atoms with Crippen LogP contribution in [0.4, 0.5) is 4.79 Å². The van der Waals surface area contributed by atoms with Gasteiger partial charge in [-0.25, -0.2) is 4.79 Å². The number of amides is 3. The predicted octanol–water partition coefficient (Wildman–Crippen LogP) is 0.835. The second-order valence-electron chi connectivity index (χ2n) is 6.90. The van der Waals surface area contributed by atoms with Gasteiger partial charge < -0.3 is 19.3 Å². The van der Waals surface area contributed by atoms with E-state index in [9.17, 15) is 9.59 Å². The molecule has 0 radical (unpaired) electrons. The first-order chi connectivity index (χ1) is 11.6. The Balaban J connectivity index is 1.47. The third-order valence-corrected chi connectivity index (χ3v) is 5.13. The lowest BCUT2D eigenvalue weighted by molar-refractivity contribution is -0.138. The molecular weight excluding hydrogens is 308 g/mol. The summed E-state index contributed by atoms with van der Waals surface area (Å²) in [7, 11) is 3.53. The van der Waals surface area contributed by atoms with Crippen molar-refractivity contribution >= 4 is 11.9 Å². The number of aromatic nitrogens is 3. The zero-order valence-corrected chi connectivity index (χ0v) is 14.5. The van der Waals surface area contributed by atoms with E-state index in [1.54, 1.807) is 31.6 Å². The molecule has 132 valence electrons. The van der Waals surface area contributed by atoms with Crippen LogP contribution in [0.1, 0.15) is 31.7 Å². The molecule has 2 saturated heterocycles. The zero-order chi connectivity index (χ0) is 17.1. The third-order valence-electron chi connectivity index (χ3n) is 5.13. The lowest BCUT2D eigenvalue weighted by atomic mass is 9.94. The largest absolute Gasteiger partial charge is 0.342 e. The quantitative estimate of drug-likeness (QED) is 0.803. The number of likely N-dealkylation sites (tertiary alicyclic amines) is 2. The summed E-state index contributed by atoms with van der Waals surface area (Å²) in [6, 6.07) is 0.430. The Labute approximate surface area is 142 Å². The summed E-state index contributed by atoms with van der Waals surface area (Å²) in [6.07, 6.45) is 6.93. The van der Waals surface area contributed by atoms with Crippen molar-refractivity contribution in [1.82, 2.24) is 29.5 Å². The van der Waals surface area contributed by atoms with E-state index in [-0.39, 0.29) is 17.9 Å². The van der Waals surface area contributed by atoms with Crippen molar-refractivity contribution in [3.8, 4) is 0 Å². The Bertz CT molecular complexity index is 557. The molecule has 8 nitrogen and oxygen atoms in total. The minimum atomic E-state index is 0.0376. The number of nitrogens with zero attached hydrogens (tertiary/aromatic N) is 6. The molecular formula is C16H26N6O2. The SMILES string of the molecule is CN(C)C(=O)N1CCC(C(=O)N2CCC(n3cnnc3)CC2)CC1. The third kappa shape index (κ3) is 3.52. The van der Waals surface area contributed by atoms with Gasteiger partial charge in [0.2, 0.25) is 5.91 Å². The zero-order valence-electron chi connectivity index (χ0n) is 14.5. The Hall–Kier alpha value is -2.12. The number of piperidine rings is 2. The minimum Gasteiger partial charge on any atom is -0.342 e. The highest BCUT2D eigenvalue weighted by molar-refractivity contribution is 5.80. The molecule has 2 aliphatic rings. The Morgan fingerprint density at radius 1 is 0.917 bits per heavy atom. The monoisotopic (exact) mass is 334 g/mol. The van der Waals surface area contributed by atoms with Gasteiger partial charge in [-0.1, -0.05) is 0 Å². The fourth-order valence-corrected chi connectivity index (χ4v) is 3.64. The van der Waals surface area contributed by atoms with E-state index in [4.69, 9.17) is 0 Å². The molecule has 2 aliphatic heterocycles. The first kappa shape index (κ1) is 16.7. The Morgan fingerprint density at radius 3 is 2.00 bits per heavy atom. The van der Waals surface area contributed by atoms with Gasteiger partial charge >= 0.3 is 6.03 Å². The van der Waals surface area contributed by atoms with Gasteiger partial charge in [0.15, 0.2) is 0 Å². The fraction of sp³-hybridized carbons (Fsp3) is 0.750. The highest BCUT2D eigenvalue weighted by Crippen LogP contribution is 2.26. The summed E-state index contributed by atoms with van der Waals surface area (Å²) < 4.78 is 2.03. The van der Waals surface area contributed by atoms with Gasteiger partial charge in [0.05, 0.1) is 0 Å². The topological polar surface area (TPSA) is 74.6 Å². The van der Waals surface area contributed by atoms with Crippen molar-refractivity contribution in [1.29, 1.82) is 0 Å². The van der Waals surface area contributed by atoms with Crippen LogP contribution in [0, 0.1) is 5.92 Å². The molecule has 0 bridgehead atoms. The molecule has 1 aromatic heterocycles. The van der Waals surface area contributed by atoms with Crippen LogP contribution in [0.5, 0.6) is 0 Å². The van der Waals surface area contributed by atoms with Gasteiger partial charge in [-0.15, -0.1) is 10.2 Å². The van der Waals surface area contributed by atoms with Crippen LogP contribution < -0.4 is 0 Å². The maximum absolute atomic E-state index is 12.7. The average molecular weight is 334 g/mol. The van der Waals surface area contributed by atoms with E-state index in [0.717, 1.165) is 38.8 Å². The van der Waals surface area contributed by atoms with Crippen molar-refractivity contribution < 1.29 is 9.59 Å². The number of urea groups is 1. The predicted molar refractivity (Wildman–Crippen MR) is 88.3 cm³/mol. The number of rotatable bonds is 2. The van der Waals surface area contributed by atoms with Crippen molar-refractivity contribution in [2.24, 2.45) is 5.92 Å². The van der Waals surface area contributed by atoms with Gasteiger partial charge in [0.1, 0.15) is 12.7 Å². The van der Waals surface area contributed by atoms with Gasteiger partial charge in [0.25, 0.3) is 0 Å². The molecule has 0 atom stereocenters. The molecule has 8 heteroatoms. The van der Waals surface area contributed by atoms with E-state index in [1.807, 2.05) is 14.4 Å². The summed E-state index contributed by atoms with van der Waals surface area (Å²) in [6.45, 7) is 2.92. The molecule has 0 aromatic carbocycles. The van der Waals surface area contributed by atoms with Crippen LogP contribution >= 0.6 is 0 Å². The summed E-state index contributed by atoms with van der Waals surface area (Å²) in [4.78, 5) is 30.1. The number of carbonyl (C=O) groups is 2. The van der Waals surface area contributed by atoms with Crippen LogP contribution in [-0.2, 0) is 4.79 Å². The number of carbonyl (C=O) groups excluding carboxylic acids is 2. The highest BCUT2D eigenvalue weighted by Gasteiger charge is 2.32. The lowest BCUT2D eigenvalue weighted by Crippen LogP contribution is -2.48.